The van der Waals surface area contributed by atoms with Crippen molar-refractivity contribution in [2.24, 2.45) is 33.7 Å². The minimum absolute atomic E-state index is 0. The molecule has 0 heterocycles. The van der Waals surface area contributed by atoms with Crippen LogP contribution in [-0.2, 0) is 52.1 Å². The summed E-state index contributed by atoms with van der Waals surface area (Å²) in [7, 11) is 1.62. The minimum Gasteiger partial charge on any atom is -0.550 e. The molecular weight excluding hydrogens is 691 g/mol. The first-order valence-corrected chi connectivity index (χ1v) is 17.1. The van der Waals surface area contributed by atoms with Gasteiger partial charge in [-0.2, -0.15) is 0 Å². The fourth-order valence-electron chi connectivity index (χ4n) is 5.26. The molecule has 0 aliphatic carbocycles. The summed E-state index contributed by atoms with van der Waals surface area (Å²) in [6, 6.07) is 13.9. The second-order valence-electron chi connectivity index (χ2n) is 14.1. The van der Waals surface area contributed by atoms with Crippen LogP contribution in [0.15, 0.2) is 52.4 Å². The minimum atomic E-state index is -1.08. The third-order valence-corrected chi connectivity index (χ3v) is 6.97. The maximum absolute atomic E-state index is 11.1. The molecule has 3 rings (SSSR count). The van der Waals surface area contributed by atoms with Crippen LogP contribution in [0.4, 0.5) is 11.4 Å². The number of aliphatic carboxylic acids is 2. The molecule has 0 saturated carbocycles. The molecule has 0 unspecified atom stereocenters. The van der Waals surface area contributed by atoms with Crippen molar-refractivity contribution in [1.82, 2.24) is 0 Å². The molecule has 0 saturated heterocycles. The summed E-state index contributed by atoms with van der Waals surface area (Å²) in [5, 5.41) is 40.0. The molecule has 51 heavy (non-hydrogen) atoms. The third-order valence-electron chi connectivity index (χ3n) is 6.97. The smallest absolute Gasteiger partial charge is 0.550 e. The van der Waals surface area contributed by atoms with E-state index in [1.54, 1.807) is 19.5 Å². The molecule has 3 aromatic carbocycles. The van der Waals surface area contributed by atoms with Gasteiger partial charge in [0.2, 0.25) is 0 Å². The van der Waals surface area contributed by atoms with E-state index in [-0.39, 0.29) is 28.3 Å². The van der Waals surface area contributed by atoms with Crippen LogP contribution in [0.5, 0.6) is 17.2 Å². The summed E-state index contributed by atoms with van der Waals surface area (Å²) in [6.45, 7) is 19.4. The van der Waals surface area contributed by atoms with Gasteiger partial charge in [0.1, 0.15) is 17.2 Å². The van der Waals surface area contributed by atoms with Crippen LogP contribution in [0.1, 0.15) is 103 Å². The van der Waals surface area contributed by atoms with Crippen LogP contribution in [0.3, 0.4) is 0 Å². The number of nitrogens with zero attached hydrogens (tertiary/aromatic N) is 2. The molecule has 9 nitrogen and oxygen atoms in total. The van der Waals surface area contributed by atoms with Crippen molar-refractivity contribution in [3.63, 3.8) is 0 Å². The Morgan fingerprint density at radius 3 is 1.33 bits per heavy atom. The average molecular weight is 748 g/mol. The number of ether oxygens (including phenoxy) is 1. The Kier molecular flexibility index (Phi) is 21.4. The number of carbonyl (C=O) groups is 2. The molecule has 0 aromatic heterocycles. The van der Waals surface area contributed by atoms with E-state index in [2.05, 4.69) is 67.5 Å². The number of methoxy groups -OCH3 is 1. The van der Waals surface area contributed by atoms with Crippen LogP contribution in [0.2, 0.25) is 0 Å². The maximum Gasteiger partial charge on any atom is 2.00 e. The largest absolute Gasteiger partial charge is 2.00 e. The van der Waals surface area contributed by atoms with E-state index >= 15 is 0 Å². The molecule has 3 aromatic rings. The van der Waals surface area contributed by atoms with Gasteiger partial charge < -0.3 is 34.8 Å². The van der Waals surface area contributed by atoms with Crippen molar-refractivity contribution in [1.29, 1.82) is 0 Å². The van der Waals surface area contributed by atoms with Gasteiger partial charge in [-0.1, -0.05) is 67.5 Å². The van der Waals surface area contributed by atoms with Crippen molar-refractivity contribution in [3.05, 3.63) is 75.8 Å². The quantitative estimate of drug-likeness (QED) is 0.180. The SMILES string of the molecule is CC(=O)[O-].CC(=O)[O-].COc1ccc(N=Cc2cc(CC(C)C)cc(CC(C)C)c2O)c(N=Cc2cc(CC(C)C)cc(CC(C)C)c2O)c1.[Co+2]. The van der Waals surface area contributed by atoms with Gasteiger partial charge in [0.15, 0.2) is 0 Å². The summed E-state index contributed by atoms with van der Waals surface area (Å²) in [5.41, 5.74) is 6.94. The number of hydrogen-bond donors (Lipinski definition) is 2. The first-order valence-electron chi connectivity index (χ1n) is 17.1. The van der Waals surface area contributed by atoms with Crippen LogP contribution < -0.4 is 14.9 Å². The number of phenols is 2. The molecule has 2 N–H and O–H groups in total. The zero-order valence-corrected chi connectivity index (χ0v) is 33.0. The number of carboxylic acid groups (broad SMARTS) is 2. The van der Waals surface area contributed by atoms with Gasteiger partial charge >= 0.3 is 16.8 Å². The fourth-order valence-corrected chi connectivity index (χ4v) is 5.26. The van der Waals surface area contributed by atoms with Crippen molar-refractivity contribution in [2.45, 2.75) is 94.9 Å². The number of rotatable bonds is 13. The van der Waals surface area contributed by atoms with E-state index in [1.165, 1.54) is 11.1 Å². The van der Waals surface area contributed by atoms with Gasteiger partial charge in [0, 0.05) is 41.6 Å². The first kappa shape index (κ1) is 46.8. The summed E-state index contributed by atoms with van der Waals surface area (Å²) in [4.78, 5) is 27.4. The standard InChI is InChI=1S/C37H50N2O3.2C2H4O2.Co/c1-23(2)12-27-16-29(14-25(5)6)36(40)31(18-27)21-38-34-11-10-33(42-9)20-35(34)39-22-32-19-28(13-24(3)4)17-30(37(32)41)15-26(7)8;2*1-2(3)4;/h10-11,16-26,40-41H,12-15H2,1-9H3;2*1H3,(H,3,4);/q;;;+2/p-2. The normalized spacial score (nSPS) is 11.0. The predicted octanol–water partition coefficient (Wildman–Crippen LogP) is 6.91. The van der Waals surface area contributed by atoms with Gasteiger partial charge in [0.05, 0.1) is 18.5 Å². The average Bonchev–Trinajstić information content (AvgIpc) is 2.97. The van der Waals surface area contributed by atoms with E-state index in [4.69, 9.17) is 34.5 Å². The van der Waals surface area contributed by atoms with Gasteiger partial charge in [-0.15, -0.1) is 0 Å². The Hall–Kier alpha value is -4.15. The van der Waals surface area contributed by atoms with Crippen molar-refractivity contribution >= 4 is 35.7 Å². The number of carboxylic acids is 2. The zero-order chi connectivity index (χ0) is 38.1. The van der Waals surface area contributed by atoms with E-state index < -0.39 is 11.9 Å². The van der Waals surface area contributed by atoms with E-state index in [0.29, 0.717) is 51.9 Å². The molecule has 1 radical (unpaired) electrons. The third kappa shape index (κ3) is 18.6. The molecule has 0 bridgehead atoms. The Bertz CT molecular complexity index is 1590. The number of aliphatic imine (C=N–C) groups is 2. The molecule has 0 atom stereocenters. The van der Waals surface area contributed by atoms with Crippen molar-refractivity contribution < 1.29 is 51.5 Å². The molecular formula is C41H56CoN2O7. The van der Waals surface area contributed by atoms with Gasteiger partial charge in [-0.25, -0.2) is 0 Å². The van der Waals surface area contributed by atoms with Crippen LogP contribution in [-0.4, -0.2) is 41.7 Å². The first-order chi connectivity index (χ1) is 23.3. The fraction of sp³-hybridized carbons (Fsp3) is 0.463. The van der Waals surface area contributed by atoms with Crippen molar-refractivity contribution in [2.75, 3.05) is 7.11 Å². The number of benzene rings is 3. The molecule has 0 aliphatic heterocycles. The summed E-state index contributed by atoms with van der Waals surface area (Å²) in [6.07, 6.45) is 6.91. The number of carbonyl (C=O) groups excluding carboxylic acids is 2. The Morgan fingerprint density at radius 2 is 1.00 bits per heavy atom. The van der Waals surface area contributed by atoms with E-state index in [1.807, 2.05) is 30.3 Å². The Morgan fingerprint density at radius 1 is 0.647 bits per heavy atom. The summed E-state index contributed by atoms with van der Waals surface area (Å²) < 4.78 is 5.48. The number of phenolic OH excluding ortho intramolecular Hbond substituents is 2. The Labute approximate surface area is 315 Å². The molecule has 0 aliphatic rings. The van der Waals surface area contributed by atoms with Crippen LogP contribution in [0.25, 0.3) is 0 Å². The van der Waals surface area contributed by atoms with Gasteiger partial charge in [-0.3, -0.25) is 9.98 Å². The maximum atomic E-state index is 11.1. The van der Waals surface area contributed by atoms with E-state index in [0.717, 1.165) is 50.7 Å². The molecule has 0 spiro atoms. The molecule has 0 fully saturated rings. The summed E-state index contributed by atoms with van der Waals surface area (Å²) in [5.74, 6) is 0.910. The van der Waals surface area contributed by atoms with Crippen LogP contribution in [0, 0.1) is 23.7 Å². The summed E-state index contributed by atoms with van der Waals surface area (Å²) >= 11 is 0. The molecule has 281 valence electrons. The monoisotopic (exact) mass is 747 g/mol. The topological polar surface area (TPSA) is 155 Å². The number of hydrogen-bond acceptors (Lipinski definition) is 9. The van der Waals surface area contributed by atoms with Crippen molar-refractivity contribution in [3.8, 4) is 17.2 Å². The molecule has 0 amide bonds. The second kappa shape index (κ2) is 23.3. The van der Waals surface area contributed by atoms with E-state index in [9.17, 15) is 10.2 Å². The zero-order valence-electron chi connectivity index (χ0n) is 32.0. The van der Waals surface area contributed by atoms with Crippen LogP contribution >= 0.6 is 0 Å². The Balaban J connectivity index is 0.00000251. The van der Waals surface area contributed by atoms with Gasteiger partial charge in [-0.05, 0) is 110 Å². The molecule has 10 heteroatoms. The van der Waals surface area contributed by atoms with Gasteiger partial charge in [0.25, 0.3) is 0 Å². The number of aromatic hydroxyl groups is 2. The second-order valence-corrected chi connectivity index (χ2v) is 14.1. The predicted molar refractivity (Wildman–Crippen MR) is 199 cm³/mol.